The summed E-state index contributed by atoms with van der Waals surface area (Å²) in [5, 5.41) is 2.77. The molecule has 22 heavy (non-hydrogen) atoms. The standard InChI is InChI=1S/C16H16N2O4/c1-9-3-4-11(16(20)21-2)7-12(9)18-15(19)14-13(10-5-6-10)17-8-22-14/h3-4,7-8,10H,5-6H2,1-2H3,(H,18,19). The molecule has 0 spiro atoms. The van der Waals surface area contributed by atoms with Crippen LogP contribution in [0.4, 0.5) is 5.69 Å². The maximum Gasteiger partial charge on any atom is 0.337 e. The highest BCUT2D eigenvalue weighted by Crippen LogP contribution is 2.40. The van der Waals surface area contributed by atoms with E-state index in [0.717, 1.165) is 18.4 Å². The fourth-order valence-electron chi connectivity index (χ4n) is 2.25. The van der Waals surface area contributed by atoms with Crippen molar-refractivity contribution in [2.45, 2.75) is 25.7 Å². The number of nitrogens with zero attached hydrogens (tertiary/aromatic N) is 1. The van der Waals surface area contributed by atoms with Crippen molar-refractivity contribution >= 4 is 17.6 Å². The Labute approximate surface area is 127 Å². The molecule has 114 valence electrons. The van der Waals surface area contributed by atoms with E-state index in [4.69, 9.17) is 4.42 Å². The Balaban J connectivity index is 1.84. The van der Waals surface area contributed by atoms with E-state index in [-0.39, 0.29) is 11.7 Å². The lowest BCUT2D eigenvalue weighted by atomic mass is 10.1. The number of aromatic nitrogens is 1. The fraction of sp³-hybridized carbons (Fsp3) is 0.312. The number of benzene rings is 1. The molecule has 1 amide bonds. The molecule has 0 bridgehead atoms. The Hall–Kier alpha value is -2.63. The molecule has 0 unspecified atom stereocenters. The summed E-state index contributed by atoms with van der Waals surface area (Å²) >= 11 is 0. The minimum atomic E-state index is -0.450. The zero-order chi connectivity index (χ0) is 15.7. The predicted molar refractivity (Wildman–Crippen MR) is 78.9 cm³/mol. The monoisotopic (exact) mass is 300 g/mol. The van der Waals surface area contributed by atoms with Crippen LogP contribution in [0.3, 0.4) is 0 Å². The summed E-state index contributed by atoms with van der Waals surface area (Å²) in [6.45, 7) is 1.85. The van der Waals surface area contributed by atoms with Crippen LogP contribution in [-0.2, 0) is 4.74 Å². The summed E-state index contributed by atoms with van der Waals surface area (Å²) in [4.78, 5) is 28.1. The van der Waals surface area contributed by atoms with Gasteiger partial charge >= 0.3 is 5.97 Å². The molecule has 1 aromatic carbocycles. The van der Waals surface area contributed by atoms with Gasteiger partial charge in [0.05, 0.1) is 18.4 Å². The summed E-state index contributed by atoms with van der Waals surface area (Å²) in [5.74, 6) is -0.245. The van der Waals surface area contributed by atoms with Gasteiger partial charge in [-0.3, -0.25) is 4.79 Å². The Morgan fingerprint density at radius 3 is 2.82 bits per heavy atom. The Morgan fingerprint density at radius 1 is 1.36 bits per heavy atom. The molecule has 1 saturated carbocycles. The number of carbonyl (C=O) groups is 2. The largest absolute Gasteiger partial charge is 0.465 e. The number of oxazole rings is 1. The average Bonchev–Trinajstić information content (AvgIpc) is 3.25. The van der Waals surface area contributed by atoms with Crippen molar-refractivity contribution in [2.75, 3.05) is 12.4 Å². The first-order valence-corrected chi connectivity index (χ1v) is 7.04. The van der Waals surface area contributed by atoms with E-state index in [1.165, 1.54) is 13.5 Å². The van der Waals surface area contributed by atoms with Gasteiger partial charge in [0.15, 0.2) is 6.39 Å². The maximum absolute atomic E-state index is 12.4. The number of hydrogen-bond acceptors (Lipinski definition) is 5. The van der Waals surface area contributed by atoms with Crippen LogP contribution in [0.15, 0.2) is 29.0 Å². The van der Waals surface area contributed by atoms with Crippen molar-refractivity contribution in [3.8, 4) is 0 Å². The third kappa shape index (κ3) is 2.72. The molecule has 6 heteroatoms. The topological polar surface area (TPSA) is 81.4 Å². The third-order valence-corrected chi connectivity index (χ3v) is 3.67. The number of rotatable bonds is 4. The van der Waals surface area contributed by atoms with Gasteiger partial charge in [-0.15, -0.1) is 0 Å². The van der Waals surface area contributed by atoms with Crippen molar-refractivity contribution in [1.29, 1.82) is 0 Å². The van der Waals surface area contributed by atoms with Gasteiger partial charge in [0.25, 0.3) is 5.91 Å². The molecule has 1 aromatic heterocycles. The molecule has 1 fully saturated rings. The second-order valence-electron chi connectivity index (χ2n) is 5.32. The van der Waals surface area contributed by atoms with Gasteiger partial charge in [-0.2, -0.15) is 0 Å². The molecule has 0 atom stereocenters. The quantitative estimate of drug-likeness (QED) is 0.878. The van der Waals surface area contributed by atoms with Crippen LogP contribution in [0.2, 0.25) is 0 Å². The minimum absolute atomic E-state index is 0.241. The van der Waals surface area contributed by atoms with Gasteiger partial charge in [0.1, 0.15) is 0 Å². The first kappa shape index (κ1) is 14.3. The Kier molecular flexibility index (Phi) is 3.66. The van der Waals surface area contributed by atoms with E-state index in [1.54, 1.807) is 18.2 Å². The highest BCUT2D eigenvalue weighted by molar-refractivity contribution is 6.04. The SMILES string of the molecule is COC(=O)c1ccc(C)c(NC(=O)c2ocnc2C2CC2)c1. The van der Waals surface area contributed by atoms with Crippen LogP contribution in [-0.4, -0.2) is 24.0 Å². The van der Waals surface area contributed by atoms with Crippen molar-refractivity contribution < 1.29 is 18.7 Å². The smallest absolute Gasteiger partial charge is 0.337 e. The number of ether oxygens (including phenoxy) is 1. The molecule has 0 aliphatic heterocycles. The lowest BCUT2D eigenvalue weighted by Crippen LogP contribution is -2.14. The molecule has 0 radical (unpaired) electrons. The maximum atomic E-state index is 12.4. The molecule has 1 N–H and O–H groups in total. The number of carbonyl (C=O) groups excluding carboxylic acids is 2. The number of anilines is 1. The molecule has 6 nitrogen and oxygen atoms in total. The summed E-state index contributed by atoms with van der Waals surface area (Å²) in [7, 11) is 1.32. The second kappa shape index (κ2) is 5.63. The van der Waals surface area contributed by atoms with Crippen molar-refractivity contribution in [3.05, 3.63) is 47.2 Å². The van der Waals surface area contributed by atoms with Gasteiger partial charge in [-0.25, -0.2) is 9.78 Å². The molecule has 1 aliphatic rings. The third-order valence-electron chi connectivity index (χ3n) is 3.67. The first-order chi connectivity index (χ1) is 10.6. The van der Waals surface area contributed by atoms with Gasteiger partial charge in [-0.05, 0) is 37.5 Å². The zero-order valence-electron chi connectivity index (χ0n) is 12.4. The number of hydrogen-bond donors (Lipinski definition) is 1. The van der Waals surface area contributed by atoms with E-state index < -0.39 is 5.97 Å². The lowest BCUT2D eigenvalue weighted by Gasteiger charge is -2.09. The highest BCUT2D eigenvalue weighted by atomic mass is 16.5. The number of esters is 1. The van der Waals surface area contributed by atoms with Crippen LogP contribution in [0, 0.1) is 6.92 Å². The second-order valence-corrected chi connectivity index (χ2v) is 5.32. The van der Waals surface area contributed by atoms with E-state index in [9.17, 15) is 9.59 Å². The van der Waals surface area contributed by atoms with Crippen LogP contribution in [0.25, 0.3) is 0 Å². The molecule has 3 rings (SSSR count). The van der Waals surface area contributed by atoms with Crippen LogP contribution < -0.4 is 5.32 Å². The molecule has 1 aliphatic carbocycles. The molecule has 1 heterocycles. The first-order valence-electron chi connectivity index (χ1n) is 7.04. The zero-order valence-corrected chi connectivity index (χ0v) is 12.4. The summed E-state index contributed by atoms with van der Waals surface area (Å²) in [5.41, 5.74) is 2.47. The normalized spacial score (nSPS) is 13.7. The number of amides is 1. The van der Waals surface area contributed by atoms with Gasteiger partial charge in [0, 0.05) is 11.6 Å². The Bertz CT molecular complexity index is 731. The van der Waals surface area contributed by atoms with Crippen LogP contribution >= 0.6 is 0 Å². The molecule has 0 saturated heterocycles. The van der Waals surface area contributed by atoms with Gasteiger partial charge < -0.3 is 14.5 Å². The number of methoxy groups -OCH3 is 1. The summed E-state index contributed by atoms with van der Waals surface area (Å²) in [6.07, 6.45) is 3.35. The lowest BCUT2D eigenvalue weighted by molar-refractivity contribution is 0.0600. The van der Waals surface area contributed by atoms with Crippen LogP contribution in [0.1, 0.15) is 50.9 Å². The minimum Gasteiger partial charge on any atom is -0.465 e. The molecule has 2 aromatic rings. The number of nitrogens with one attached hydrogen (secondary N) is 1. The average molecular weight is 300 g/mol. The van der Waals surface area contributed by atoms with E-state index in [2.05, 4.69) is 15.0 Å². The van der Waals surface area contributed by atoms with Crippen LogP contribution in [0.5, 0.6) is 0 Å². The predicted octanol–water partition coefficient (Wildman–Crippen LogP) is 2.90. The van der Waals surface area contributed by atoms with Gasteiger partial charge in [-0.1, -0.05) is 6.07 Å². The van der Waals surface area contributed by atoms with Gasteiger partial charge in [0.2, 0.25) is 5.76 Å². The van der Waals surface area contributed by atoms with Crippen molar-refractivity contribution in [3.63, 3.8) is 0 Å². The van der Waals surface area contributed by atoms with E-state index in [0.29, 0.717) is 22.9 Å². The molecular formula is C16H16N2O4. The summed E-state index contributed by atoms with van der Waals surface area (Å²) < 4.78 is 9.91. The van der Waals surface area contributed by atoms with Crippen molar-refractivity contribution in [2.24, 2.45) is 0 Å². The Morgan fingerprint density at radius 2 is 2.14 bits per heavy atom. The fourth-order valence-corrected chi connectivity index (χ4v) is 2.25. The highest BCUT2D eigenvalue weighted by Gasteiger charge is 2.32. The molecular weight excluding hydrogens is 284 g/mol. The number of aryl methyl sites for hydroxylation is 1. The van der Waals surface area contributed by atoms with Crippen molar-refractivity contribution in [1.82, 2.24) is 4.98 Å². The van der Waals surface area contributed by atoms with E-state index >= 15 is 0 Å². The van der Waals surface area contributed by atoms with E-state index in [1.807, 2.05) is 6.92 Å². The summed E-state index contributed by atoms with van der Waals surface area (Å²) in [6, 6.07) is 5.00.